The molecule has 104 valence electrons. The number of benzene rings is 1. The average Bonchev–Trinajstić information content (AvgIpc) is 2.46. The number of pyridine rings is 1. The molecule has 0 aliphatic heterocycles. The second-order valence-corrected chi connectivity index (χ2v) is 4.33. The van der Waals surface area contributed by atoms with Gasteiger partial charge in [0.05, 0.1) is 17.7 Å². The predicted molar refractivity (Wildman–Crippen MR) is 75.3 cm³/mol. The van der Waals surface area contributed by atoms with E-state index >= 15 is 0 Å². The lowest BCUT2D eigenvalue weighted by Crippen LogP contribution is -2.39. The van der Waals surface area contributed by atoms with E-state index < -0.39 is 12.0 Å². The van der Waals surface area contributed by atoms with Crippen LogP contribution in [-0.2, 0) is 9.53 Å². The second-order valence-electron chi connectivity index (χ2n) is 4.33. The van der Waals surface area contributed by atoms with Crippen molar-refractivity contribution in [3.63, 3.8) is 0 Å². The quantitative estimate of drug-likeness (QED) is 0.863. The summed E-state index contributed by atoms with van der Waals surface area (Å²) in [6.07, 6.45) is 1.63. The molecular formula is C15H16N2O3. The summed E-state index contributed by atoms with van der Waals surface area (Å²) in [4.78, 5) is 28.0. The summed E-state index contributed by atoms with van der Waals surface area (Å²) in [7, 11) is 0. The van der Waals surface area contributed by atoms with E-state index in [0.29, 0.717) is 11.1 Å². The fraction of sp³-hybridized carbons (Fsp3) is 0.267. The molecule has 2 aromatic rings. The van der Waals surface area contributed by atoms with Gasteiger partial charge in [0.25, 0.3) is 5.91 Å². The first kappa shape index (κ1) is 14.0. The number of amides is 1. The highest BCUT2D eigenvalue weighted by molar-refractivity contribution is 6.06. The number of fused-ring (bicyclic) bond motifs is 1. The molecule has 0 aliphatic carbocycles. The molecule has 1 N–H and O–H groups in total. The van der Waals surface area contributed by atoms with Gasteiger partial charge in [0.15, 0.2) is 0 Å². The van der Waals surface area contributed by atoms with Gasteiger partial charge in [-0.05, 0) is 26.0 Å². The number of aromatic nitrogens is 1. The molecule has 1 heterocycles. The van der Waals surface area contributed by atoms with Gasteiger partial charge >= 0.3 is 5.97 Å². The van der Waals surface area contributed by atoms with E-state index in [9.17, 15) is 9.59 Å². The molecule has 0 fully saturated rings. The summed E-state index contributed by atoms with van der Waals surface area (Å²) in [5, 5.41) is 3.50. The van der Waals surface area contributed by atoms with Crippen LogP contribution in [0.15, 0.2) is 36.5 Å². The molecule has 20 heavy (non-hydrogen) atoms. The number of hydrogen-bond donors (Lipinski definition) is 1. The molecule has 0 radical (unpaired) electrons. The van der Waals surface area contributed by atoms with Crippen molar-refractivity contribution in [2.75, 3.05) is 6.61 Å². The fourth-order valence-corrected chi connectivity index (χ4v) is 1.89. The molecule has 1 unspecified atom stereocenters. The lowest BCUT2D eigenvalue weighted by Gasteiger charge is -2.13. The normalized spacial score (nSPS) is 11.9. The van der Waals surface area contributed by atoms with Crippen LogP contribution in [0.5, 0.6) is 0 Å². The van der Waals surface area contributed by atoms with Crippen molar-refractivity contribution in [3.8, 4) is 0 Å². The highest BCUT2D eigenvalue weighted by Gasteiger charge is 2.19. The fourth-order valence-electron chi connectivity index (χ4n) is 1.89. The van der Waals surface area contributed by atoms with Crippen molar-refractivity contribution in [2.24, 2.45) is 0 Å². The van der Waals surface area contributed by atoms with E-state index in [1.54, 1.807) is 32.2 Å². The average molecular weight is 272 g/mol. The summed E-state index contributed by atoms with van der Waals surface area (Å²) in [6, 6.07) is 8.35. The molecule has 1 aromatic heterocycles. The van der Waals surface area contributed by atoms with Crippen LogP contribution >= 0.6 is 0 Å². The zero-order chi connectivity index (χ0) is 14.5. The highest BCUT2D eigenvalue weighted by Crippen LogP contribution is 2.15. The van der Waals surface area contributed by atoms with Gasteiger partial charge in [-0.2, -0.15) is 0 Å². The summed E-state index contributed by atoms with van der Waals surface area (Å²) in [6.45, 7) is 3.60. The summed E-state index contributed by atoms with van der Waals surface area (Å²) in [5.74, 6) is -0.788. The zero-order valence-corrected chi connectivity index (χ0v) is 11.4. The number of esters is 1. The minimum atomic E-state index is -0.693. The Morgan fingerprint density at radius 2 is 2.05 bits per heavy atom. The van der Waals surface area contributed by atoms with Crippen LogP contribution in [-0.4, -0.2) is 29.5 Å². The molecule has 1 atom stereocenters. The van der Waals surface area contributed by atoms with Crippen molar-refractivity contribution in [3.05, 3.63) is 42.1 Å². The zero-order valence-electron chi connectivity index (χ0n) is 11.4. The summed E-state index contributed by atoms with van der Waals surface area (Å²) >= 11 is 0. The van der Waals surface area contributed by atoms with Gasteiger partial charge in [0, 0.05) is 11.6 Å². The van der Waals surface area contributed by atoms with E-state index in [1.165, 1.54) is 0 Å². The van der Waals surface area contributed by atoms with Gasteiger partial charge in [-0.25, -0.2) is 4.79 Å². The van der Waals surface area contributed by atoms with E-state index in [2.05, 4.69) is 10.3 Å². The maximum atomic E-state index is 12.2. The molecular weight excluding hydrogens is 256 g/mol. The highest BCUT2D eigenvalue weighted by atomic mass is 16.5. The first-order valence-electron chi connectivity index (χ1n) is 6.44. The Kier molecular flexibility index (Phi) is 4.30. The van der Waals surface area contributed by atoms with E-state index in [1.807, 2.05) is 18.2 Å². The van der Waals surface area contributed by atoms with E-state index in [-0.39, 0.29) is 12.5 Å². The maximum Gasteiger partial charge on any atom is 0.328 e. The van der Waals surface area contributed by atoms with Crippen molar-refractivity contribution in [1.29, 1.82) is 0 Å². The third-order valence-electron chi connectivity index (χ3n) is 2.87. The number of para-hydroxylation sites is 1. The van der Waals surface area contributed by atoms with Crippen molar-refractivity contribution >= 4 is 22.8 Å². The van der Waals surface area contributed by atoms with Gasteiger partial charge in [0.1, 0.15) is 6.04 Å². The Bertz CT molecular complexity index is 635. The van der Waals surface area contributed by atoms with Crippen molar-refractivity contribution in [2.45, 2.75) is 19.9 Å². The summed E-state index contributed by atoms with van der Waals surface area (Å²) in [5.41, 5.74) is 1.06. The number of hydrogen-bond acceptors (Lipinski definition) is 4. The molecule has 5 heteroatoms. The van der Waals surface area contributed by atoms with Crippen LogP contribution in [0.1, 0.15) is 24.2 Å². The third-order valence-corrected chi connectivity index (χ3v) is 2.87. The van der Waals surface area contributed by atoms with Gasteiger partial charge in [-0.15, -0.1) is 0 Å². The van der Waals surface area contributed by atoms with E-state index in [0.717, 1.165) is 5.39 Å². The van der Waals surface area contributed by atoms with Crippen LogP contribution in [0.2, 0.25) is 0 Å². The van der Waals surface area contributed by atoms with Crippen LogP contribution in [0, 0.1) is 0 Å². The molecule has 1 amide bonds. The van der Waals surface area contributed by atoms with Gasteiger partial charge in [-0.3, -0.25) is 9.78 Å². The van der Waals surface area contributed by atoms with Crippen LogP contribution in [0.3, 0.4) is 0 Å². The minimum absolute atomic E-state index is 0.287. The number of nitrogens with zero attached hydrogens (tertiary/aromatic N) is 1. The van der Waals surface area contributed by atoms with Crippen LogP contribution in [0.4, 0.5) is 0 Å². The third kappa shape index (κ3) is 2.93. The monoisotopic (exact) mass is 272 g/mol. The Hall–Kier alpha value is -2.43. The largest absolute Gasteiger partial charge is 0.464 e. The molecule has 2 rings (SSSR count). The second kappa shape index (κ2) is 6.14. The smallest absolute Gasteiger partial charge is 0.328 e. The van der Waals surface area contributed by atoms with Crippen LogP contribution in [0.25, 0.3) is 10.9 Å². The molecule has 5 nitrogen and oxygen atoms in total. The molecule has 0 spiro atoms. The number of carbonyl (C=O) groups is 2. The topological polar surface area (TPSA) is 68.3 Å². The first-order valence-corrected chi connectivity index (χ1v) is 6.44. The Morgan fingerprint density at radius 1 is 1.30 bits per heavy atom. The maximum absolute atomic E-state index is 12.2. The lowest BCUT2D eigenvalue weighted by molar-refractivity contribution is -0.144. The lowest BCUT2D eigenvalue weighted by atomic mass is 10.1. The number of carbonyl (C=O) groups excluding carboxylic acids is 2. The van der Waals surface area contributed by atoms with Gasteiger partial charge < -0.3 is 10.1 Å². The SMILES string of the molecule is CCOC(=O)C(C)NC(=O)c1cccc2cccnc12. The standard InChI is InChI=1S/C15H16N2O3/c1-3-20-15(19)10(2)17-14(18)12-8-4-6-11-7-5-9-16-13(11)12/h4-10H,3H2,1-2H3,(H,17,18). The molecule has 0 aliphatic rings. The van der Waals surface area contributed by atoms with Gasteiger partial charge in [-0.1, -0.05) is 18.2 Å². The Labute approximate surface area is 117 Å². The number of ether oxygens (including phenoxy) is 1. The van der Waals surface area contributed by atoms with Crippen LogP contribution < -0.4 is 5.32 Å². The molecule has 1 aromatic carbocycles. The molecule has 0 bridgehead atoms. The van der Waals surface area contributed by atoms with Crippen molar-refractivity contribution in [1.82, 2.24) is 10.3 Å². The van der Waals surface area contributed by atoms with Gasteiger partial charge in [0.2, 0.25) is 0 Å². The number of nitrogens with one attached hydrogen (secondary N) is 1. The minimum Gasteiger partial charge on any atom is -0.464 e. The predicted octanol–water partition coefficient (Wildman–Crippen LogP) is 1.92. The summed E-state index contributed by atoms with van der Waals surface area (Å²) < 4.78 is 4.86. The Balaban J connectivity index is 2.22. The molecule has 0 saturated heterocycles. The Morgan fingerprint density at radius 3 is 2.80 bits per heavy atom. The number of rotatable bonds is 4. The first-order chi connectivity index (χ1) is 9.63. The van der Waals surface area contributed by atoms with Crippen molar-refractivity contribution < 1.29 is 14.3 Å². The molecule has 0 saturated carbocycles. The van der Waals surface area contributed by atoms with E-state index in [4.69, 9.17) is 4.74 Å².